The molecule has 0 aliphatic carbocycles. The second-order valence-electron chi connectivity index (χ2n) is 13.7. The van der Waals surface area contributed by atoms with Crippen LogP contribution in [0.1, 0.15) is 64.9 Å². The lowest BCUT2D eigenvalue weighted by molar-refractivity contribution is 0.242. The van der Waals surface area contributed by atoms with E-state index in [1.165, 1.54) is 22.4 Å². The van der Waals surface area contributed by atoms with Crippen molar-refractivity contribution in [3.05, 3.63) is 126 Å². The molecule has 0 aliphatic rings. The molecule has 6 nitrogen and oxygen atoms in total. The van der Waals surface area contributed by atoms with Crippen LogP contribution in [0.5, 0.6) is 17.2 Å². The predicted octanol–water partition coefficient (Wildman–Crippen LogP) is 11.2. The largest absolute Gasteiger partial charge is 0.491 e. The fourth-order valence-electron chi connectivity index (χ4n) is 6.66. The van der Waals surface area contributed by atoms with Gasteiger partial charge in [-0.2, -0.15) is 5.10 Å². The summed E-state index contributed by atoms with van der Waals surface area (Å²) in [5.41, 5.74) is 8.96. The molecule has 248 valence electrons. The van der Waals surface area contributed by atoms with E-state index < -0.39 is 0 Å². The summed E-state index contributed by atoms with van der Waals surface area (Å²) >= 11 is 0. The molecule has 0 atom stereocenters. The van der Waals surface area contributed by atoms with E-state index in [1.807, 2.05) is 44.2 Å². The molecule has 49 heavy (non-hydrogen) atoms. The van der Waals surface area contributed by atoms with Crippen LogP contribution in [0.15, 0.2) is 109 Å². The first kappa shape index (κ1) is 32.2. The van der Waals surface area contributed by atoms with Crippen molar-refractivity contribution in [1.82, 2.24) is 19.3 Å². The second kappa shape index (κ2) is 12.9. The van der Waals surface area contributed by atoms with Crippen LogP contribution in [-0.4, -0.2) is 25.4 Å². The van der Waals surface area contributed by atoms with E-state index in [0.717, 1.165) is 69.1 Å². The summed E-state index contributed by atoms with van der Waals surface area (Å²) in [5.74, 6) is 3.07. The number of para-hydroxylation sites is 1. The minimum absolute atomic E-state index is 0.0674. The van der Waals surface area contributed by atoms with Crippen LogP contribution < -0.4 is 9.47 Å². The summed E-state index contributed by atoms with van der Waals surface area (Å²) in [6.07, 6.45) is 3.69. The van der Waals surface area contributed by atoms with Gasteiger partial charge in [-0.25, -0.2) is 9.67 Å². The Hall–Kier alpha value is -5.36. The Morgan fingerprint density at radius 1 is 0.755 bits per heavy atom. The van der Waals surface area contributed by atoms with Gasteiger partial charge in [-0.15, -0.1) is 0 Å². The van der Waals surface area contributed by atoms with Crippen LogP contribution >= 0.6 is 0 Å². The molecule has 3 aromatic heterocycles. The molecule has 0 saturated heterocycles. The molecular weight excluding hydrogens is 604 g/mol. The van der Waals surface area contributed by atoms with Crippen molar-refractivity contribution in [3.63, 3.8) is 0 Å². The van der Waals surface area contributed by atoms with E-state index in [4.69, 9.17) is 19.6 Å². The number of aromatic nitrogens is 4. The Bertz CT molecular complexity index is 2270. The van der Waals surface area contributed by atoms with Gasteiger partial charge in [-0.05, 0) is 75.6 Å². The number of hydrogen-bond donors (Lipinski definition) is 0. The zero-order chi connectivity index (χ0) is 34.3. The van der Waals surface area contributed by atoms with Crippen molar-refractivity contribution in [2.75, 3.05) is 0 Å². The molecule has 7 rings (SSSR count). The van der Waals surface area contributed by atoms with Crippen LogP contribution in [0, 0.1) is 6.92 Å². The van der Waals surface area contributed by atoms with E-state index in [0.29, 0.717) is 0 Å². The topological polar surface area (TPSA) is 54.1 Å². The number of ether oxygens (including phenoxy) is 2. The van der Waals surface area contributed by atoms with Crippen LogP contribution in [0.2, 0.25) is 0 Å². The molecule has 0 spiro atoms. The highest BCUT2D eigenvalue weighted by atomic mass is 16.5. The van der Waals surface area contributed by atoms with Gasteiger partial charge in [0.2, 0.25) is 0 Å². The molecule has 0 aliphatic heterocycles. The average molecular weight is 649 g/mol. The lowest BCUT2D eigenvalue weighted by Crippen LogP contribution is -2.21. The van der Waals surface area contributed by atoms with Crippen molar-refractivity contribution >= 4 is 21.8 Å². The number of nitrogens with zero attached hydrogens (tertiary/aromatic N) is 4. The SMILES string of the molecule is CCc1nn(-c2cccc(Oc3ccc4c5ccccc5n(-c5cc(OC(C)C)ccn5)c4c3)c2)c(C(C)(C)CC)c1-c1ccc(C)cc1. The molecule has 0 radical (unpaired) electrons. The van der Waals surface area contributed by atoms with Gasteiger partial charge in [0.25, 0.3) is 0 Å². The number of benzene rings is 4. The first-order valence-corrected chi connectivity index (χ1v) is 17.3. The number of rotatable bonds is 10. The summed E-state index contributed by atoms with van der Waals surface area (Å²) in [7, 11) is 0. The van der Waals surface area contributed by atoms with Crippen molar-refractivity contribution in [2.24, 2.45) is 0 Å². The Balaban J connectivity index is 1.31. The van der Waals surface area contributed by atoms with Crippen molar-refractivity contribution in [1.29, 1.82) is 0 Å². The summed E-state index contributed by atoms with van der Waals surface area (Å²) in [4.78, 5) is 4.76. The van der Waals surface area contributed by atoms with Crippen LogP contribution in [0.3, 0.4) is 0 Å². The zero-order valence-electron chi connectivity index (χ0n) is 29.5. The van der Waals surface area contributed by atoms with E-state index >= 15 is 0 Å². The maximum Gasteiger partial charge on any atom is 0.141 e. The zero-order valence-corrected chi connectivity index (χ0v) is 29.5. The molecule has 0 fully saturated rings. The van der Waals surface area contributed by atoms with Gasteiger partial charge < -0.3 is 9.47 Å². The Labute approximate surface area is 289 Å². The molecule has 0 bridgehead atoms. The van der Waals surface area contributed by atoms with Gasteiger partial charge in [0.15, 0.2) is 0 Å². The summed E-state index contributed by atoms with van der Waals surface area (Å²) in [6, 6.07) is 35.7. The van der Waals surface area contributed by atoms with Crippen molar-refractivity contribution in [3.8, 4) is 39.9 Å². The minimum Gasteiger partial charge on any atom is -0.491 e. The molecule has 0 N–H and O–H groups in total. The highest BCUT2D eigenvalue weighted by Gasteiger charge is 2.31. The van der Waals surface area contributed by atoms with E-state index in [2.05, 4.69) is 117 Å². The van der Waals surface area contributed by atoms with Gasteiger partial charge in [0.1, 0.15) is 23.1 Å². The molecule has 0 amide bonds. The summed E-state index contributed by atoms with van der Waals surface area (Å²) in [5, 5.41) is 7.52. The highest BCUT2D eigenvalue weighted by molar-refractivity contribution is 6.09. The standard InChI is InChI=1S/C43H44N4O2/c1-8-37-41(30-19-17-29(5)18-20-30)42(43(6,7)9-2)47(45-37)31-13-12-14-32(25-31)49-33-21-22-36-35-15-10-11-16-38(35)46(39(36)26-33)40-27-34(23-24-44-40)48-28(3)4/h10-28H,8-9H2,1-7H3. The Kier molecular flexibility index (Phi) is 8.49. The van der Waals surface area contributed by atoms with Crippen molar-refractivity contribution < 1.29 is 9.47 Å². The van der Waals surface area contributed by atoms with Gasteiger partial charge in [-0.1, -0.05) is 81.8 Å². The smallest absolute Gasteiger partial charge is 0.141 e. The van der Waals surface area contributed by atoms with E-state index in [1.54, 1.807) is 6.20 Å². The third kappa shape index (κ3) is 6.08. The van der Waals surface area contributed by atoms with Gasteiger partial charge in [0.05, 0.1) is 34.2 Å². The van der Waals surface area contributed by atoms with Crippen LogP contribution in [0.4, 0.5) is 0 Å². The first-order chi connectivity index (χ1) is 23.7. The quantitative estimate of drug-likeness (QED) is 0.148. The monoisotopic (exact) mass is 648 g/mol. The second-order valence-corrected chi connectivity index (χ2v) is 13.7. The fourth-order valence-corrected chi connectivity index (χ4v) is 6.66. The minimum atomic E-state index is -0.110. The molecule has 0 unspecified atom stereocenters. The maximum atomic E-state index is 6.63. The predicted molar refractivity (Wildman–Crippen MR) is 201 cm³/mol. The molecule has 7 aromatic rings. The van der Waals surface area contributed by atoms with E-state index in [-0.39, 0.29) is 11.5 Å². The normalized spacial score (nSPS) is 11.9. The molecule has 0 saturated carbocycles. The van der Waals surface area contributed by atoms with Gasteiger partial charge in [-0.3, -0.25) is 4.57 Å². The summed E-state index contributed by atoms with van der Waals surface area (Å²) in [6.45, 7) is 15.2. The maximum absolute atomic E-state index is 6.63. The number of hydrogen-bond acceptors (Lipinski definition) is 4. The third-order valence-electron chi connectivity index (χ3n) is 9.42. The number of pyridine rings is 1. The lowest BCUT2D eigenvalue weighted by atomic mass is 9.81. The Morgan fingerprint density at radius 3 is 2.27 bits per heavy atom. The van der Waals surface area contributed by atoms with Crippen LogP contribution in [-0.2, 0) is 11.8 Å². The first-order valence-electron chi connectivity index (χ1n) is 17.3. The van der Waals surface area contributed by atoms with Gasteiger partial charge in [0, 0.05) is 46.1 Å². The van der Waals surface area contributed by atoms with E-state index in [9.17, 15) is 0 Å². The molecule has 4 aromatic carbocycles. The third-order valence-corrected chi connectivity index (χ3v) is 9.42. The Morgan fingerprint density at radius 2 is 1.51 bits per heavy atom. The highest BCUT2D eigenvalue weighted by Crippen LogP contribution is 2.41. The molecule has 6 heteroatoms. The summed E-state index contributed by atoms with van der Waals surface area (Å²) < 4.78 is 17.0. The van der Waals surface area contributed by atoms with Crippen LogP contribution in [0.25, 0.3) is 44.4 Å². The average Bonchev–Trinajstić information content (AvgIpc) is 3.65. The number of fused-ring (bicyclic) bond motifs is 3. The molecule has 3 heterocycles. The fraction of sp³-hybridized carbons (Fsp3) is 0.256. The number of aryl methyl sites for hydroxylation is 2. The lowest BCUT2D eigenvalue weighted by Gasteiger charge is -2.26. The molecular formula is C43H44N4O2. The van der Waals surface area contributed by atoms with Gasteiger partial charge >= 0.3 is 0 Å². The van der Waals surface area contributed by atoms with Crippen molar-refractivity contribution in [2.45, 2.75) is 72.8 Å².